The predicted molar refractivity (Wildman–Crippen MR) is 102 cm³/mol. The third-order valence-electron chi connectivity index (χ3n) is 4.42. The lowest BCUT2D eigenvalue weighted by Gasteiger charge is -2.15. The smallest absolute Gasteiger partial charge is 0.416 e. The molecule has 3 rings (SSSR count). The summed E-state index contributed by atoms with van der Waals surface area (Å²) >= 11 is 0. The number of benzene rings is 1. The number of ether oxygens (including phenoxy) is 1. The number of rotatable bonds is 4. The van der Waals surface area contributed by atoms with Gasteiger partial charge in [0.25, 0.3) is 5.91 Å². The summed E-state index contributed by atoms with van der Waals surface area (Å²) in [7, 11) is 1.27. The van der Waals surface area contributed by atoms with E-state index in [0.29, 0.717) is 17.9 Å². The second-order valence-electron chi connectivity index (χ2n) is 6.35. The average Bonchev–Trinajstić information content (AvgIpc) is 2.67. The number of methoxy groups -OCH3 is 1. The summed E-state index contributed by atoms with van der Waals surface area (Å²) in [6.07, 6.45) is -3.24. The van der Waals surface area contributed by atoms with Crippen LogP contribution in [0.3, 0.4) is 0 Å². The van der Waals surface area contributed by atoms with Gasteiger partial charge in [-0.3, -0.25) is 9.59 Å². The lowest BCUT2D eigenvalue weighted by atomic mass is 10.1. The molecule has 9 heteroatoms. The minimum Gasteiger partial charge on any atom is -0.495 e. The van der Waals surface area contributed by atoms with E-state index in [0.717, 1.165) is 18.2 Å². The first-order valence-electron chi connectivity index (χ1n) is 8.73. The van der Waals surface area contributed by atoms with Crippen LogP contribution < -0.4 is 15.5 Å². The van der Waals surface area contributed by atoms with E-state index in [2.05, 4.69) is 10.3 Å². The fourth-order valence-corrected chi connectivity index (χ4v) is 2.93. The third-order valence-corrected chi connectivity index (χ3v) is 4.42. The van der Waals surface area contributed by atoms with Crippen molar-refractivity contribution in [3.05, 3.63) is 63.6 Å². The molecule has 3 aromatic rings. The molecule has 0 atom stereocenters. The Bertz CT molecular complexity index is 1150. The van der Waals surface area contributed by atoms with Gasteiger partial charge in [-0.25, -0.2) is 4.98 Å². The van der Waals surface area contributed by atoms with E-state index >= 15 is 0 Å². The van der Waals surface area contributed by atoms with Gasteiger partial charge in [-0.15, -0.1) is 0 Å². The number of hydrogen-bond acceptors (Lipinski definition) is 4. The second-order valence-corrected chi connectivity index (χ2v) is 6.35. The highest BCUT2D eigenvalue weighted by Gasteiger charge is 2.31. The third kappa shape index (κ3) is 3.94. The van der Waals surface area contributed by atoms with Crippen molar-refractivity contribution in [2.45, 2.75) is 26.6 Å². The standard InChI is InChI=1S/C20H18F3N3O3/c1-4-26-10-14(17(27)13-7-5-11(2)24-18(13)26)19(28)25-15-9-12(20(21,22)23)6-8-16(15)29-3/h5-10H,4H2,1-3H3,(H,25,28). The van der Waals surface area contributed by atoms with Crippen LogP contribution in [0.2, 0.25) is 0 Å². The molecular weight excluding hydrogens is 387 g/mol. The van der Waals surface area contributed by atoms with Crippen LogP contribution in [0.4, 0.5) is 18.9 Å². The number of halogens is 3. The van der Waals surface area contributed by atoms with Gasteiger partial charge in [-0.1, -0.05) is 0 Å². The number of carbonyl (C=O) groups excluding carboxylic acids is 1. The maximum absolute atomic E-state index is 13.0. The summed E-state index contributed by atoms with van der Waals surface area (Å²) in [6.45, 7) is 4.05. The molecule has 0 radical (unpaired) electrons. The Labute approximate surface area is 163 Å². The molecule has 2 aromatic heterocycles. The molecular formula is C20H18F3N3O3. The number of carbonyl (C=O) groups is 1. The summed E-state index contributed by atoms with van der Waals surface area (Å²) in [5.41, 5.74) is -0.740. The highest BCUT2D eigenvalue weighted by Crippen LogP contribution is 2.35. The van der Waals surface area contributed by atoms with Gasteiger partial charge in [-0.05, 0) is 44.2 Å². The maximum Gasteiger partial charge on any atom is 0.416 e. The fraction of sp³-hybridized carbons (Fsp3) is 0.250. The first kappa shape index (κ1) is 20.4. The van der Waals surface area contributed by atoms with E-state index in [4.69, 9.17) is 4.74 Å². The Morgan fingerprint density at radius 2 is 1.97 bits per heavy atom. The monoisotopic (exact) mass is 405 g/mol. The first-order valence-corrected chi connectivity index (χ1v) is 8.73. The van der Waals surface area contributed by atoms with Crippen LogP contribution in [-0.4, -0.2) is 22.6 Å². The van der Waals surface area contributed by atoms with Gasteiger partial charge >= 0.3 is 6.18 Å². The lowest BCUT2D eigenvalue weighted by Crippen LogP contribution is -2.24. The van der Waals surface area contributed by atoms with Gasteiger partial charge in [0, 0.05) is 18.4 Å². The Balaban J connectivity index is 2.08. The Morgan fingerprint density at radius 3 is 2.59 bits per heavy atom. The van der Waals surface area contributed by atoms with E-state index in [1.807, 2.05) is 6.92 Å². The molecule has 6 nitrogen and oxygen atoms in total. The largest absolute Gasteiger partial charge is 0.495 e. The van der Waals surface area contributed by atoms with Gasteiger partial charge in [0.2, 0.25) is 5.43 Å². The molecule has 0 saturated carbocycles. The Kier molecular flexibility index (Phi) is 5.32. The number of alkyl halides is 3. The number of fused-ring (bicyclic) bond motifs is 1. The van der Waals surface area contributed by atoms with Crippen molar-refractivity contribution in [3.8, 4) is 5.75 Å². The summed E-state index contributed by atoms with van der Waals surface area (Å²) in [6, 6.07) is 5.95. The van der Waals surface area contributed by atoms with Crippen molar-refractivity contribution in [2.24, 2.45) is 0 Å². The minimum absolute atomic E-state index is 0.0419. The molecule has 2 heterocycles. The van der Waals surface area contributed by atoms with Crippen LogP contribution in [-0.2, 0) is 12.7 Å². The quantitative estimate of drug-likeness (QED) is 0.712. The summed E-state index contributed by atoms with van der Waals surface area (Å²) < 4.78 is 45.7. The molecule has 0 aliphatic rings. The molecule has 0 aliphatic heterocycles. The van der Waals surface area contributed by atoms with Crippen molar-refractivity contribution in [3.63, 3.8) is 0 Å². The van der Waals surface area contributed by atoms with Crippen LogP contribution >= 0.6 is 0 Å². The molecule has 0 spiro atoms. The summed E-state index contributed by atoms with van der Waals surface area (Å²) in [4.78, 5) is 29.9. The van der Waals surface area contributed by atoms with Crippen molar-refractivity contribution in [2.75, 3.05) is 12.4 Å². The van der Waals surface area contributed by atoms with E-state index in [-0.39, 0.29) is 22.4 Å². The maximum atomic E-state index is 13.0. The average molecular weight is 405 g/mol. The van der Waals surface area contributed by atoms with Crippen molar-refractivity contribution >= 4 is 22.6 Å². The fourth-order valence-electron chi connectivity index (χ4n) is 2.93. The van der Waals surface area contributed by atoms with Crippen LogP contribution in [0.25, 0.3) is 11.0 Å². The molecule has 0 unspecified atom stereocenters. The molecule has 0 saturated heterocycles. The molecule has 1 aromatic carbocycles. The molecule has 1 amide bonds. The molecule has 29 heavy (non-hydrogen) atoms. The van der Waals surface area contributed by atoms with Gasteiger partial charge in [0.05, 0.1) is 23.7 Å². The SMILES string of the molecule is CCn1cc(C(=O)Nc2cc(C(F)(F)F)ccc2OC)c(=O)c2ccc(C)nc21. The molecule has 1 N–H and O–H groups in total. The Hall–Kier alpha value is -3.36. The van der Waals surface area contributed by atoms with Crippen molar-refractivity contribution < 1.29 is 22.7 Å². The lowest BCUT2D eigenvalue weighted by molar-refractivity contribution is -0.137. The molecule has 0 bridgehead atoms. The van der Waals surface area contributed by atoms with Gasteiger partial charge < -0.3 is 14.6 Å². The van der Waals surface area contributed by atoms with Crippen molar-refractivity contribution in [1.29, 1.82) is 0 Å². The highest BCUT2D eigenvalue weighted by atomic mass is 19.4. The Morgan fingerprint density at radius 1 is 1.24 bits per heavy atom. The van der Waals surface area contributed by atoms with Crippen LogP contribution in [0.1, 0.15) is 28.5 Å². The van der Waals surface area contributed by atoms with Gasteiger partial charge in [0.1, 0.15) is 17.0 Å². The highest BCUT2D eigenvalue weighted by molar-refractivity contribution is 6.06. The number of pyridine rings is 2. The molecule has 152 valence electrons. The van der Waals surface area contributed by atoms with Crippen LogP contribution in [0.15, 0.2) is 41.3 Å². The predicted octanol–water partition coefficient (Wildman–Crippen LogP) is 4.00. The zero-order valence-electron chi connectivity index (χ0n) is 15.9. The van der Waals surface area contributed by atoms with Crippen LogP contribution in [0, 0.1) is 6.92 Å². The summed E-state index contributed by atoms with van der Waals surface area (Å²) in [5.74, 6) is -0.794. The molecule has 0 fully saturated rings. The number of nitrogens with zero attached hydrogens (tertiary/aromatic N) is 2. The van der Waals surface area contributed by atoms with E-state index < -0.39 is 23.1 Å². The molecule has 0 aliphatic carbocycles. The van der Waals surface area contributed by atoms with Gasteiger partial charge in [0.15, 0.2) is 0 Å². The first-order chi connectivity index (χ1) is 13.7. The number of hydrogen-bond donors (Lipinski definition) is 1. The van der Waals surface area contributed by atoms with E-state index in [9.17, 15) is 22.8 Å². The number of anilines is 1. The topological polar surface area (TPSA) is 73.2 Å². The number of aryl methyl sites for hydroxylation is 2. The number of amides is 1. The van der Waals surface area contributed by atoms with Crippen molar-refractivity contribution in [1.82, 2.24) is 9.55 Å². The summed E-state index contributed by atoms with van der Waals surface area (Å²) in [5, 5.41) is 2.61. The second kappa shape index (κ2) is 7.57. The zero-order chi connectivity index (χ0) is 21.3. The normalized spacial score (nSPS) is 11.5. The van der Waals surface area contributed by atoms with Gasteiger partial charge in [-0.2, -0.15) is 13.2 Å². The number of aromatic nitrogens is 2. The van der Waals surface area contributed by atoms with E-state index in [1.165, 1.54) is 13.3 Å². The number of nitrogens with one attached hydrogen (secondary N) is 1. The van der Waals surface area contributed by atoms with E-state index in [1.54, 1.807) is 23.6 Å². The van der Waals surface area contributed by atoms with Crippen LogP contribution in [0.5, 0.6) is 5.75 Å². The zero-order valence-corrected chi connectivity index (χ0v) is 15.9. The minimum atomic E-state index is -4.59.